The SMILES string of the molecule is CCC(C=O)Cc1ccc(C(C)(C)C)cc1. The van der Waals surface area contributed by atoms with Crippen molar-refractivity contribution in [2.45, 2.75) is 46.0 Å². The Labute approximate surface area is 98.9 Å². The number of hydrogen-bond acceptors (Lipinski definition) is 1. The molecule has 0 saturated heterocycles. The van der Waals surface area contributed by atoms with Crippen LogP contribution in [0.1, 0.15) is 45.2 Å². The first-order valence-electron chi connectivity index (χ1n) is 6.02. The van der Waals surface area contributed by atoms with Crippen molar-refractivity contribution in [3.8, 4) is 0 Å². The Kier molecular flexibility index (Phi) is 4.28. The predicted molar refractivity (Wildman–Crippen MR) is 68.7 cm³/mol. The largest absolute Gasteiger partial charge is 0.303 e. The van der Waals surface area contributed by atoms with Crippen molar-refractivity contribution in [2.24, 2.45) is 5.92 Å². The van der Waals surface area contributed by atoms with Gasteiger partial charge in [-0.2, -0.15) is 0 Å². The maximum absolute atomic E-state index is 10.8. The third-order valence-electron chi connectivity index (χ3n) is 3.03. The van der Waals surface area contributed by atoms with E-state index in [2.05, 4.69) is 52.0 Å². The zero-order valence-corrected chi connectivity index (χ0v) is 10.8. The Balaban J connectivity index is 2.75. The van der Waals surface area contributed by atoms with Gasteiger partial charge in [-0.3, -0.25) is 0 Å². The molecule has 16 heavy (non-hydrogen) atoms. The lowest BCUT2D eigenvalue weighted by Gasteiger charge is -2.19. The van der Waals surface area contributed by atoms with E-state index >= 15 is 0 Å². The quantitative estimate of drug-likeness (QED) is 0.703. The molecule has 88 valence electrons. The van der Waals surface area contributed by atoms with Gasteiger partial charge in [0.2, 0.25) is 0 Å². The Bertz CT molecular complexity index is 329. The van der Waals surface area contributed by atoms with Gasteiger partial charge in [-0.15, -0.1) is 0 Å². The number of hydrogen-bond donors (Lipinski definition) is 0. The second-order valence-electron chi connectivity index (χ2n) is 5.46. The molecule has 0 aliphatic heterocycles. The fourth-order valence-electron chi connectivity index (χ4n) is 1.73. The van der Waals surface area contributed by atoms with E-state index in [0.717, 1.165) is 19.1 Å². The minimum absolute atomic E-state index is 0.167. The summed E-state index contributed by atoms with van der Waals surface area (Å²) in [6.45, 7) is 8.69. The highest BCUT2D eigenvalue weighted by Gasteiger charge is 2.13. The maximum atomic E-state index is 10.8. The van der Waals surface area contributed by atoms with Gasteiger partial charge in [0, 0.05) is 5.92 Å². The summed E-state index contributed by atoms with van der Waals surface area (Å²) in [7, 11) is 0. The smallest absolute Gasteiger partial charge is 0.123 e. The Hall–Kier alpha value is -1.11. The lowest BCUT2D eigenvalue weighted by Crippen LogP contribution is -2.11. The van der Waals surface area contributed by atoms with E-state index in [1.165, 1.54) is 11.1 Å². The van der Waals surface area contributed by atoms with Crippen LogP contribution in [0.25, 0.3) is 0 Å². The second-order valence-corrected chi connectivity index (χ2v) is 5.46. The first-order chi connectivity index (χ1) is 7.47. The highest BCUT2D eigenvalue weighted by atomic mass is 16.1. The van der Waals surface area contributed by atoms with Crippen molar-refractivity contribution >= 4 is 6.29 Å². The first-order valence-corrected chi connectivity index (χ1v) is 6.02. The Morgan fingerprint density at radius 1 is 1.19 bits per heavy atom. The third-order valence-corrected chi connectivity index (χ3v) is 3.03. The molecule has 0 spiro atoms. The minimum Gasteiger partial charge on any atom is -0.303 e. The first kappa shape index (κ1) is 13.0. The summed E-state index contributed by atoms with van der Waals surface area (Å²) in [5.41, 5.74) is 2.80. The molecule has 1 aromatic carbocycles. The van der Waals surface area contributed by atoms with Gasteiger partial charge in [-0.25, -0.2) is 0 Å². The van der Waals surface area contributed by atoms with Crippen molar-refractivity contribution in [3.63, 3.8) is 0 Å². The summed E-state index contributed by atoms with van der Waals surface area (Å²) in [5.74, 6) is 0.167. The van der Waals surface area contributed by atoms with Crippen molar-refractivity contribution in [1.29, 1.82) is 0 Å². The van der Waals surface area contributed by atoms with Crippen molar-refractivity contribution in [2.75, 3.05) is 0 Å². The van der Waals surface area contributed by atoms with E-state index in [4.69, 9.17) is 0 Å². The van der Waals surface area contributed by atoms with Gasteiger partial charge in [-0.1, -0.05) is 52.0 Å². The lowest BCUT2D eigenvalue weighted by molar-refractivity contribution is -0.111. The zero-order chi connectivity index (χ0) is 12.2. The van der Waals surface area contributed by atoms with Crippen LogP contribution in [0.5, 0.6) is 0 Å². The van der Waals surface area contributed by atoms with E-state index in [9.17, 15) is 4.79 Å². The Morgan fingerprint density at radius 3 is 2.12 bits per heavy atom. The van der Waals surface area contributed by atoms with Gasteiger partial charge >= 0.3 is 0 Å². The average Bonchev–Trinajstić information content (AvgIpc) is 2.25. The summed E-state index contributed by atoms with van der Waals surface area (Å²) < 4.78 is 0. The maximum Gasteiger partial charge on any atom is 0.123 e. The minimum atomic E-state index is 0.167. The highest BCUT2D eigenvalue weighted by Crippen LogP contribution is 2.22. The van der Waals surface area contributed by atoms with E-state index in [1.54, 1.807) is 0 Å². The molecule has 1 nitrogen and oxygen atoms in total. The van der Waals surface area contributed by atoms with Gasteiger partial charge in [-0.05, 0) is 29.4 Å². The molecule has 1 atom stereocenters. The van der Waals surface area contributed by atoms with E-state index in [1.807, 2.05) is 0 Å². The summed E-state index contributed by atoms with van der Waals surface area (Å²) in [5, 5.41) is 0. The molecule has 0 radical (unpaired) electrons. The van der Waals surface area contributed by atoms with Crippen molar-refractivity contribution in [3.05, 3.63) is 35.4 Å². The fourth-order valence-corrected chi connectivity index (χ4v) is 1.73. The van der Waals surface area contributed by atoms with Crippen LogP contribution >= 0.6 is 0 Å². The summed E-state index contributed by atoms with van der Waals surface area (Å²) in [6.07, 6.45) is 2.85. The second kappa shape index (κ2) is 5.29. The van der Waals surface area contributed by atoms with Crippen LogP contribution in [0.2, 0.25) is 0 Å². The molecular weight excluding hydrogens is 196 g/mol. The number of carbonyl (C=O) groups is 1. The number of aldehydes is 1. The van der Waals surface area contributed by atoms with Gasteiger partial charge < -0.3 is 4.79 Å². The van der Waals surface area contributed by atoms with Crippen LogP contribution < -0.4 is 0 Å². The molecule has 1 unspecified atom stereocenters. The van der Waals surface area contributed by atoms with Crippen molar-refractivity contribution in [1.82, 2.24) is 0 Å². The predicted octanol–water partition coefficient (Wildman–Crippen LogP) is 3.75. The van der Waals surface area contributed by atoms with Crippen LogP contribution in [-0.2, 0) is 16.6 Å². The topological polar surface area (TPSA) is 17.1 Å². The molecule has 0 heterocycles. The molecule has 0 bridgehead atoms. The number of rotatable bonds is 4. The monoisotopic (exact) mass is 218 g/mol. The number of benzene rings is 1. The molecule has 0 amide bonds. The van der Waals surface area contributed by atoms with Crippen molar-refractivity contribution < 1.29 is 4.79 Å². The van der Waals surface area contributed by atoms with Gasteiger partial charge in [0.05, 0.1) is 0 Å². The molecule has 0 fully saturated rings. The average molecular weight is 218 g/mol. The molecule has 0 aliphatic rings. The summed E-state index contributed by atoms with van der Waals surface area (Å²) in [6, 6.07) is 8.64. The Morgan fingerprint density at radius 2 is 1.75 bits per heavy atom. The molecular formula is C15H22O. The van der Waals surface area contributed by atoms with Gasteiger partial charge in [0.1, 0.15) is 6.29 Å². The molecule has 1 rings (SSSR count). The molecule has 0 aromatic heterocycles. The molecule has 1 heteroatoms. The van der Waals surface area contributed by atoms with Crippen LogP contribution in [0, 0.1) is 5.92 Å². The van der Waals surface area contributed by atoms with Crippen LogP contribution in [0.4, 0.5) is 0 Å². The summed E-state index contributed by atoms with van der Waals surface area (Å²) in [4.78, 5) is 10.8. The molecule has 0 aliphatic carbocycles. The number of carbonyl (C=O) groups excluding carboxylic acids is 1. The normalized spacial score (nSPS) is 13.5. The highest BCUT2D eigenvalue weighted by molar-refractivity contribution is 5.54. The van der Waals surface area contributed by atoms with E-state index in [-0.39, 0.29) is 11.3 Å². The molecule has 1 aromatic rings. The zero-order valence-electron chi connectivity index (χ0n) is 10.8. The lowest BCUT2D eigenvalue weighted by atomic mass is 9.86. The molecule has 0 N–H and O–H groups in total. The standard InChI is InChI=1S/C15H22O/c1-5-12(11-16)10-13-6-8-14(9-7-13)15(2,3)4/h6-9,11-12H,5,10H2,1-4H3. The van der Waals surface area contributed by atoms with E-state index in [0.29, 0.717) is 0 Å². The molecule has 0 saturated carbocycles. The third kappa shape index (κ3) is 3.48. The van der Waals surface area contributed by atoms with Gasteiger partial charge in [0.25, 0.3) is 0 Å². The summed E-state index contributed by atoms with van der Waals surface area (Å²) >= 11 is 0. The fraction of sp³-hybridized carbons (Fsp3) is 0.533. The van der Waals surface area contributed by atoms with Crippen LogP contribution in [0.3, 0.4) is 0 Å². The van der Waals surface area contributed by atoms with Gasteiger partial charge in [0.15, 0.2) is 0 Å². The van der Waals surface area contributed by atoms with Crippen LogP contribution in [-0.4, -0.2) is 6.29 Å². The van der Waals surface area contributed by atoms with E-state index < -0.39 is 0 Å². The van der Waals surface area contributed by atoms with Crippen LogP contribution in [0.15, 0.2) is 24.3 Å².